The highest BCUT2D eigenvalue weighted by atomic mass is 16.5. The van der Waals surface area contributed by atoms with E-state index in [2.05, 4.69) is 22.2 Å². The number of nitrogens with zero attached hydrogens (tertiary/aromatic N) is 2. The Kier molecular flexibility index (Phi) is 5.47. The average molecular weight is 210 g/mol. The first-order valence-corrected chi connectivity index (χ1v) is 5.26. The van der Waals surface area contributed by atoms with Crippen LogP contribution in [0.2, 0.25) is 0 Å². The van der Waals surface area contributed by atoms with E-state index in [1.165, 1.54) is 0 Å². The van der Waals surface area contributed by atoms with Crippen LogP contribution in [-0.4, -0.2) is 29.7 Å². The molecule has 1 aromatic rings. The Morgan fingerprint density at radius 3 is 3.13 bits per heavy atom. The van der Waals surface area contributed by atoms with Crippen LogP contribution in [0.15, 0.2) is 12.3 Å². The molecule has 0 atom stereocenters. The monoisotopic (exact) mass is 210 g/mol. The summed E-state index contributed by atoms with van der Waals surface area (Å²) in [7, 11) is 0. The molecule has 0 fully saturated rings. The van der Waals surface area contributed by atoms with Gasteiger partial charge < -0.3 is 15.8 Å². The number of aromatic nitrogens is 2. The Labute approximate surface area is 90.1 Å². The summed E-state index contributed by atoms with van der Waals surface area (Å²) in [6.45, 7) is 4.19. The summed E-state index contributed by atoms with van der Waals surface area (Å²) in [6, 6.07) is 1.75. The Hall–Kier alpha value is -1.36. The molecular formula is C10H18N4O. The number of ether oxygens (including phenoxy) is 1. The van der Waals surface area contributed by atoms with Crippen molar-refractivity contribution < 1.29 is 4.74 Å². The van der Waals surface area contributed by atoms with Crippen molar-refractivity contribution >= 4 is 5.95 Å². The van der Waals surface area contributed by atoms with Crippen molar-refractivity contribution in [3.63, 3.8) is 0 Å². The smallest absolute Gasteiger partial charge is 0.225 e. The normalized spacial score (nSPS) is 10.0. The van der Waals surface area contributed by atoms with Crippen LogP contribution < -0.4 is 15.8 Å². The molecule has 0 bridgehead atoms. The number of rotatable bonds is 7. The summed E-state index contributed by atoms with van der Waals surface area (Å²) >= 11 is 0. The summed E-state index contributed by atoms with van der Waals surface area (Å²) in [5, 5.41) is 3.08. The van der Waals surface area contributed by atoms with Crippen molar-refractivity contribution in [1.82, 2.24) is 9.97 Å². The van der Waals surface area contributed by atoms with Gasteiger partial charge in [-0.3, -0.25) is 0 Å². The molecule has 1 heterocycles. The van der Waals surface area contributed by atoms with Crippen LogP contribution >= 0.6 is 0 Å². The lowest BCUT2D eigenvalue weighted by atomic mass is 10.4. The molecule has 0 amide bonds. The lowest BCUT2D eigenvalue weighted by Crippen LogP contribution is -2.10. The first kappa shape index (κ1) is 11.7. The summed E-state index contributed by atoms with van der Waals surface area (Å²) in [4.78, 5) is 8.27. The van der Waals surface area contributed by atoms with Gasteiger partial charge in [0.1, 0.15) is 0 Å². The van der Waals surface area contributed by atoms with Crippen LogP contribution in [0.3, 0.4) is 0 Å². The summed E-state index contributed by atoms with van der Waals surface area (Å²) in [5.41, 5.74) is 5.38. The fourth-order valence-corrected chi connectivity index (χ4v) is 1.02. The number of hydrogen-bond acceptors (Lipinski definition) is 5. The zero-order valence-electron chi connectivity index (χ0n) is 9.07. The van der Waals surface area contributed by atoms with E-state index in [4.69, 9.17) is 10.5 Å². The van der Waals surface area contributed by atoms with E-state index >= 15 is 0 Å². The number of nitrogens with one attached hydrogen (secondary N) is 1. The van der Waals surface area contributed by atoms with Crippen LogP contribution in [0.5, 0.6) is 5.88 Å². The molecule has 3 N–H and O–H groups in total. The molecule has 0 aliphatic rings. The highest BCUT2D eigenvalue weighted by Crippen LogP contribution is 2.08. The third-order valence-corrected chi connectivity index (χ3v) is 1.75. The van der Waals surface area contributed by atoms with Gasteiger partial charge in [-0.1, -0.05) is 6.92 Å². The van der Waals surface area contributed by atoms with E-state index in [0.29, 0.717) is 25.0 Å². The zero-order valence-corrected chi connectivity index (χ0v) is 9.07. The molecule has 1 rings (SSSR count). The fourth-order valence-electron chi connectivity index (χ4n) is 1.02. The maximum absolute atomic E-state index is 5.39. The summed E-state index contributed by atoms with van der Waals surface area (Å²) in [6.07, 6.45) is 3.56. The molecule has 0 radical (unpaired) electrons. The van der Waals surface area contributed by atoms with Crippen molar-refractivity contribution in [2.45, 2.75) is 19.8 Å². The highest BCUT2D eigenvalue weighted by Gasteiger charge is 1.98. The molecule has 5 nitrogen and oxygen atoms in total. The third kappa shape index (κ3) is 4.60. The van der Waals surface area contributed by atoms with E-state index < -0.39 is 0 Å². The molecule has 5 heteroatoms. The highest BCUT2D eigenvalue weighted by molar-refractivity contribution is 5.27. The second-order valence-corrected chi connectivity index (χ2v) is 3.14. The van der Waals surface area contributed by atoms with Crippen molar-refractivity contribution in [3.8, 4) is 5.88 Å². The van der Waals surface area contributed by atoms with Gasteiger partial charge in [0.25, 0.3) is 0 Å². The molecule has 0 aromatic carbocycles. The fraction of sp³-hybridized carbons (Fsp3) is 0.600. The zero-order chi connectivity index (χ0) is 10.9. The minimum absolute atomic E-state index is 0.594. The number of hydrogen-bond donors (Lipinski definition) is 2. The molecule has 1 aromatic heterocycles. The molecule has 0 unspecified atom stereocenters. The van der Waals surface area contributed by atoms with Gasteiger partial charge >= 0.3 is 0 Å². The standard InChI is InChI=1S/C10H18N4O/c1-2-8-15-9-4-7-13-10(14-9)12-6-3-5-11/h4,7H,2-3,5-6,8,11H2,1H3,(H,12,13,14). The maximum atomic E-state index is 5.39. The van der Waals surface area contributed by atoms with Crippen LogP contribution in [0.4, 0.5) is 5.95 Å². The van der Waals surface area contributed by atoms with Gasteiger partial charge in [0, 0.05) is 18.8 Å². The SMILES string of the molecule is CCCOc1ccnc(NCCCN)n1. The minimum Gasteiger partial charge on any atom is -0.478 e. The molecule has 0 aliphatic carbocycles. The lowest BCUT2D eigenvalue weighted by Gasteiger charge is -2.06. The Balaban J connectivity index is 2.42. The van der Waals surface area contributed by atoms with Crippen molar-refractivity contribution in [2.24, 2.45) is 5.73 Å². The molecular weight excluding hydrogens is 192 g/mol. The average Bonchev–Trinajstić information content (AvgIpc) is 2.27. The first-order valence-electron chi connectivity index (χ1n) is 5.26. The molecule has 15 heavy (non-hydrogen) atoms. The molecule has 0 aliphatic heterocycles. The van der Waals surface area contributed by atoms with Crippen LogP contribution in [0, 0.1) is 0 Å². The molecule has 84 valence electrons. The van der Waals surface area contributed by atoms with Gasteiger partial charge in [0.05, 0.1) is 6.61 Å². The number of nitrogens with two attached hydrogens (primary N) is 1. The van der Waals surface area contributed by atoms with Crippen LogP contribution in [-0.2, 0) is 0 Å². The second-order valence-electron chi connectivity index (χ2n) is 3.14. The largest absolute Gasteiger partial charge is 0.478 e. The van der Waals surface area contributed by atoms with E-state index in [9.17, 15) is 0 Å². The Morgan fingerprint density at radius 1 is 1.53 bits per heavy atom. The quantitative estimate of drug-likeness (QED) is 0.657. The van der Waals surface area contributed by atoms with Crippen LogP contribution in [0.1, 0.15) is 19.8 Å². The summed E-state index contributed by atoms with van der Waals surface area (Å²) < 4.78 is 5.39. The van der Waals surface area contributed by atoms with Crippen LogP contribution in [0.25, 0.3) is 0 Å². The maximum Gasteiger partial charge on any atom is 0.225 e. The van der Waals surface area contributed by atoms with E-state index in [1.807, 2.05) is 0 Å². The lowest BCUT2D eigenvalue weighted by molar-refractivity contribution is 0.305. The van der Waals surface area contributed by atoms with Crippen molar-refractivity contribution in [3.05, 3.63) is 12.3 Å². The minimum atomic E-state index is 0.594. The predicted molar refractivity (Wildman–Crippen MR) is 60.0 cm³/mol. The van der Waals surface area contributed by atoms with Crippen molar-refractivity contribution in [1.29, 1.82) is 0 Å². The van der Waals surface area contributed by atoms with E-state index in [0.717, 1.165) is 19.4 Å². The Bertz CT molecular complexity index is 280. The number of anilines is 1. The first-order chi connectivity index (χ1) is 7.36. The topological polar surface area (TPSA) is 73.1 Å². The molecule has 0 spiro atoms. The predicted octanol–water partition coefficient (Wildman–Crippen LogP) is 1.03. The van der Waals surface area contributed by atoms with Gasteiger partial charge in [-0.2, -0.15) is 4.98 Å². The van der Waals surface area contributed by atoms with Gasteiger partial charge in [-0.15, -0.1) is 0 Å². The van der Waals surface area contributed by atoms with E-state index in [-0.39, 0.29) is 0 Å². The summed E-state index contributed by atoms with van der Waals surface area (Å²) in [5.74, 6) is 1.21. The third-order valence-electron chi connectivity index (χ3n) is 1.75. The molecule has 0 saturated heterocycles. The van der Waals surface area contributed by atoms with Gasteiger partial charge in [-0.25, -0.2) is 4.98 Å². The second kappa shape index (κ2) is 7.00. The van der Waals surface area contributed by atoms with Gasteiger partial charge in [0.15, 0.2) is 0 Å². The molecule has 0 saturated carbocycles. The van der Waals surface area contributed by atoms with Gasteiger partial charge in [-0.05, 0) is 19.4 Å². The van der Waals surface area contributed by atoms with Crippen molar-refractivity contribution in [2.75, 3.05) is 25.0 Å². The Morgan fingerprint density at radius 2 is 2.40 bits per heavy atom. The van der Waals surface area contributed by atoms with Gasteiger partial charge in [0.2, 0.25) is 11.8 Å². The van der Waals surface area contributed by atoms with E-state index in [1.54, 1.807) is 12.3 Å².